The van der Waals surface area contributed by atoms with Gasteiger partial charge in [-0.1, -0.05) is 70.4 Å². The van der Waals surface area contributed by atoms with Crippen molar-refractivity contribution in [1.29, 1.82) is 5.26 Å². The minimum atomic E-state index is -0.585. The normalized spacial score (nSPS) is 16.7. The Hall–Kier alpha value is -3.24. The molecule has 0 radical (unpaired) electrons. The van der Waals surface area contributed by atoms with Crippen LogP contribution in [-0.2, 0) is 16.0 Å². The maximum Gasteiger partial charge on any atom is 0.269 e. The lowest BCUT2D eigenvalue weighted by atomic mass is 10.1. The molecule has 0 saturated carbocycles. The highest BCUT2D eigenvalue weighted by atomic mass is 35.5. The largest absolute Gasteiger partial charge is 0.321 e. The maximum absolute atomic E-state index is 13.6. The molecule has 5 nitrogen and oxygen atoms in total. The molecule has 1 atom stereocenters. The molecule has 35 heavy (non-hydrogen) atoms. The monoisotopic (exact) mass is 521 g/mol. The SMILES string of the molecule is Cc1ccc(NC(=O)/C(C#N)=C2\SC(Cc3cc(Cl)ccc3Cl)C(=O)N2c2ccc(C)cc2)cc1. The van der Waals surface area contributed by atoms with Gasteiger partial charge >= 0.3 is 0 Å². The molecule has 0 aromatic heterocycles. The number of rotatable bonds is 5. The first-order valence-corrected chi connectivity index (χ1v) is 12.4. The highest BCUT2D eigenvalue weighted by Crippen LogP contribution is 2.42. The molecule has 0 aliphatic carbocycles. The third-order valence-corrected chi connectivity index (χ3v) is 7.39. The molecule has 3 aromatic rings. The molecular weight excluding hydrogens is 501 g/mol. The summed E-state index contributed by atoms with van der Waals surface area (Å²) in [6.07, 6.45) is 0.299. The van der Waals surface area contributed by atoms with Crippen LogP contribution in [0.2, 0.25) is 10.0 Å². The highest BCUT2D eigenvalue weighted by molar-refractivity contribution is 8.05. The number of halogens is 2. The molecule has 2 amide bonds. The number of nitriles is 1. The second-order valence-corrected chi connectivity index (χ2v) is 10.2. The molecule has 1 aliphatic rings. The van der Waals surface area contributed by atoms with Gasteiger partial charge in [-0.15, -0.1) is 0 Å². The molecule has 3 aromatic carbocycles. The summed E-state index contributed by atoms with van der Waals surface area (Å²) in [7, 11) is 0. The van der Waals surface area contributed by atoms with E-state index in [2.05, 4.69) is 5.32 Å². The number of hydrogen-bond acceptors (Lipinski definition) is 4. The molecule has 1 unspecified atom stereocenters. The third-order valence-electron chi connectivity index (χ3n) is 5.52. The lowest BCUT2D eigenvalue weighted by Gasteiger charge is -2.19. The van der Waals surface area contributed by atoms with Gasteiger partial charge in [-0.25, -0.2) is 0 Å². The van der Waals surface area contributed by atoms with E-state index in [1.165, 1.54) is 16.7 Å². The first-order chi connectivity index (χ1) is 16.8. The summed E-state index contributed by atoms with van der Waals surface area (Å²) in [5.74, 6) is -0.814. The van der Waals surface area contributed by atoms with Crippen LogP contribution in [0.3, 0.4) is 0 Å². The number of carbonyl (C=O) groups excluding carboxylic acids is 2. The van der Waals surface area contributed by atoms with Gasteiger partial charge in [0, 0.05) is 21.4 Å². The summed E-state index contributed by atoms with van der Waals surface area (Å²) in [5, 5.41) is 13.5. The van der Waals surface area contributed by atoms with Gasteiger partial charge in [-0.05, 0) is 68.3 Å². The molecule has 1 aliphatic heterocycles. The number of anilines is 2. The van der Waals surface area contributed by atoms with Crippen LogP contribution in [0.15, 0.2) is 77.3 Å². The van der Waals surface area contributed by atoms with Gasteiger partial charge in [0.05, 0.1) is 5.25 Å². The standard InChI is InChI=1S/C27H21Cl2N3O2S/c1-16-3-8-20(9-4-16)31-25(33)22(15-30)27-32(21-10-5-17(2)6-11-21)26(34)24(35-27)14-18-13-19(28)7-12-23(18)29/h3-13,24H,14H2,1-2H3,(H,31,33)/b27-22-. The zero-order valence-electron chi connectivity index (χ0n) is 19.0. The Kier molecular flexibility index (Phi) is 7.51. The second kappa shape index (κ2) is 10.6. The van der Waals surface area contributed by atoms with Crippen LogP contribution in [0.25, 0.3) is 0 Å². The lowest BCUT2D eigenvalue weighted by Crippen LogP contribution is -2.31. The number of nitrogens with zero attached hydrogens (tertiary/aromatic N) is 2. The van der Waals surface area contributed by atoms with Crippen molar-refractivity contribution >= 4 is 58.2 Å². The van der Waals surface area contributed by atoms with Gasteiger partial charge in [0.15, 0.2) is 0 Å². The Bertz CT molecular complexity index is 1360. The maximum atomic E-state index is 13.6. The van der Waals surface area contributed by atoms with Crippen LogP contribution in [0.4, 0.5) is 11.4 Å². The highest BCUT2D eigenvalue weighted by Gasteiger charge is 2.41. The molecule has 4 rings (SSSR count). The molecule has 8 heteroatoms. The smallest absolute Gasteiger partial charge is 0.269 e. The van der Waals surface area contributed by atoms with E-state index >= 15 is 0 Å². The van der Waals surface area contributed by atoms with E-state index < -0.39 is 11.2 Å². The first kappa shape index (κ1) is 24.9. The summed E-state index contributed by atoms with van der Waals surface area (Å²) < 4.78 is 0. The topological polar surface area (TPSA) is 73.2 Å². The average Bonchev–Trinajstić information content (AvgIpc) is 3.14. The Balaban J connectivity index is 1.73. The number of benzene rings is 3. The Morgan fingerprint density at radius 3 is 2.29 bits per heavy atom. The molecule has 1 N–H and O–H groups in total. The predicted octanol–water partition coefficient (Wildman–Crippen LogP) is 6.68. The van der Waals surface area contributed by atoms with Crippen molar-refractivity contribution in [3.05, 3.63) is 104 Å². The van der Waals surface area contributed by atoms with Gasteiger partial charge < -0.3 is 5.32 Å². The van der Waals surface area contributed by atoms with Crippen LogP contribution in [0, 0.1) is 25.2 Å². The van der Waals surface area contributed by atoms with Gasteiger partial charge in [0.25, 0.3) is 5.91 Å². The number of amides is 2. The van der Waals surface area contributed by atoms with Crippen LogP contribution in [0.5, 0.6) is 0 Å². The van der Waals surface area contributed by atoms with E-state index in [-0.39, 0.29) is 16.5 Å². The molecule has 1 saturated heterocycles. The van der Waals surface area contributed by atoms with Gasteiger partial charge in [-0.2, -0.15) is 5.26 Å². The van der Waals surface area contributed by atoms with Crippen LogP contribution >= 0.6 is 35.0 Å². The summed E-state index contributed by atoms with van der Waals surface area (Å²) in [6.45, 7) is 3.89. The van der Waals surface area contributed by atoms with E-state index in [4.69, 9.17) is 23.2 Å². The van der Waals surface area contributed by atoms with Crippen LogP contribution < -0.4 is 10.2 Å². The van der Waals surface area contributed by atoms with E-state index in [1.54, 1.807) is 42.5 Å². The Labute approximate surface area is 218 Å². The minimum Gasteiger partial charge on any atom is -0.321 e. The number of nitrogens with one attached hydrogen (secondary N) is 1. The Morgan fingerprint density at radius 2 is 1.66 bits per heavy atom. The number of hydrogen-bond donors (Lipinski definition) is 1. The van der Waals surface area contributed by atoms with Crippen LogP contribution in [-0.4, -0.2) is 17.1 Å². The Morgan fingerprint density at radius 1 is 1.03 bits per heavy atom. The molecule has 0 spiro atoms. The van der Waals surface area contributed by atoms with Crippen molar-refractivity contribution in [2.75, 3.05) is 10.2 Å². The fourth-order valence-corrected chi connectivity index (χ4v) is 5.33. The van der Waals surface area contributed by atoms with Crippen molar-refractivity contribution in [1.82, 2.24) is 0 Å². The van der Waals surface area contributed by atoms with Crippen molar-refractivity contribution in [3.63, 3.8) is 0 Å². The lowest BCUT2D eigenvalue weighted by molar-refractivity contribution is -0.117. The number of aryl methyl sites for hydroxylation is 2. The number of carbonyl (C=O) groups is 2. The van der Waals surface area contributed by atoms with Gasteiger partial charge in [0.1, 0.15) is 16.7 Å². The summed E-state index contributed by atoms with van der Waals surface area (Å²) in [4.78, 5) is 28.2. The van der Waals surface area contributed by atoms with Gasteiger partial charge in [-0.3, -0.25) is 14.5 Å². The van der Waals surface area contributed by atoms with E-state index in [0.29, 0.717) is 27.8 Å². The zero-order chi connectivity index (χ0) is 25.1. The summed E-state index contributed by atoms with van der Waals surface area (Å²) in [5.41, 5.74) is 3.80. The van der Waals surface area contributed by atoms with E-state index in [1.807, 2.05) is 44.2 Å². The fourth-order valence-electron chi connectivity index (χ4n) is 3.65. The summed E-state index contributed by atoms with van der Waals surface area (Å²) >= 11 is 13.7. The average molecular weight is 522 g/mol. The first-order valence-electron chi connectivity index (χ1n) is 10.8. The molecule has 176 valence electrons. The van der Waals surface area contributed by atoms with Crippen molar-refractivity contribution < 1.29 is 9.59 Å². The summed E-state index contributed by atoms with van der Waals surface area (Å²) in [6, 6.07) is 21.7. The predicted molar refractivity (Wildman–Crippen MR) is 143 cm³/mol. The zero-order valence-corrected chi connectivity index (χ0v) is 21.3. The molecule has 1 fully saturated rings. The molecular formula is C27H21Cl2N3O2S. The minimum absolute atomic E-state index is 0.135. The molecule has 1 heterocycles. The van der Waals surface area contributed by atoms with Crippen molar-refractivity contribution in [2.24, 2.45) is 0 Å². The second-order valence-electron chi connectivity index (χ2n) is 8.17. The van der Waals surface area contributed by atoms with E-state index in [9.17, 15) is 14.9 Å². The molecule has 0 bridgehead atoms. The third kappa shape index (κ3) is 5.54. The van der Waals surface area contributed by atoms with Crippen molar-refractivity contribution in [2.45, 2.75) is 25.5 Å². The van der Waals surface area contributed by atoms with Crippen molar-refractivity contribution in [3.8, 4) is 6.07 Å². The van der Waals surface area contributed by atoms with E-state index in [0.717, 1.165) is 16.7 Å². The fraction of sp³-hybridized carbons (Fsp3) is 0.148. The number of thioether (sulfide) groups is 1. The van der Waals surface area contributed by atoms with Gasteiger partial charge in [0.2, 0.25) is 5.91 Å². The quantitative estimate of drug-likeness (QED) is 0.300. The van der Waals surface area contributed by atoms with Crippen LogP contribution in [0.1, 0.15) is 16.7 Å².